The number of nitrogen functional groups attached to an aromatic ring is 1. The Morgan fingerprint density at radius 3 is 2.83 bits per heavy atom. The summed E-state index contributed by atoms with van der Waals surface area (Å²) in [5.41, 5.74) is 8.18. The van der Waals surface area contributed by atoms with E-state index in [0.717, 1.165) is 16.6 Å². The van der Waals surface area contributed by atoms with E-state index in [1.807, 2.05) is 6.07 Å². The maximum atomic E-state index is 11.5. The van der Waals surface area contributed by atoms with Gasteiger partial charge in [0.2, 0.25) is 5.95 Å². The van der Waals surface area contributed by atoms with Gasteiger partial charge in [-0.3, -0.25) is 8.78 Å². The van der Waals surface area contributed by atoms with Crippen LogP contribution >= 0.6 is 0 Å². The van der Waals surface area contributed by atoms with Crippen molar-refractivity contribution >= 4 is 27.4 Å². The maximum Gasteiger partial charge on any atom is 0.235 e. The molecule has 0 aliphatic heterocycles. The molecule has 120 valence electrons. The second-order valence-electron chi connectivity index (χ2n) is 5.04. The van der Waals surface area contributed by atoms with Gasteiger partial charge < -0.3 is 10.5 Å². The predicted octanol–water partition coefficient (Wildman–Crippen LogP) is 1.33. The van der Waals surface area contributed by atoms with Gasteiger partial charge in [0.05, 0.1) is 24.0 Å². The van der Waals surface area contributed by atoms with E-state index in [0.29, 0.717) is 29.6 Å². The van der Waals surface area contributed by atoms with Crippen molar-refractivity contribution in [1.29, 1.82) is 0 Å². The number of rotatable bonds is 5. The highest BCUT2D eigenvalue weighted by molar-refractivity contribution is 7.84. The molecule has 2 heterocycles. The van der Waals surface area contributed by atoms with Crippen LogP contribution in [0.1, 0.15) is 5.69 Å². The molecule has 0 radical (unpaired) electrons. The van der Waals surface area contributed by atoms with Crippen molar-refractivity contribution < 1.29 is 8.95 Å². The zero-order valence-electron chi connectivity index (χ0n) is 12.9. The van der Waals surface area contributed by atoms with Gasteiger partial charge in [-0.15, -0.1) is 0 Å². The topological polar surface area (TPSA) is 95.9 Å². The Labute approximate surface area is 136 Å². The molecule has 3 aromatic rings. The van der Waals surface area contributed by atoms with E-state index < -0.39 is 10.8 Å². The van der Waals surface area contributed by atoms with E-state index in [9.17, 15) is 4.21 Å². The van der Waals surface area contributed by atoms with Gasteiger partial charge in [0.1, 0.15) is 12.1 Å². The predicted molar refractivity (Wildman–Crippen MR) is 90.3 cm³/mol. The van der Waals surface area contributed by atoms with E-state index in [1.165, 1.54) is 0 Å². The van der Waals surface area contributed by atoms with Gasteiger partial charge in [-0.1, -0.05) is 0 Å². The first-order valence-electron chi connectivity index (χ1n) is 7.01. The molecule has 0 bridgehead atoms. The summed E-state index contributed by atoms with van der Waals surface area (Å²) in [6, 6.07) is 3.63. The van der Waals surface area contributed by atoms with Gasteiger partial charge in [0, 0.05) is 47.0 Å². The van der Waals surface area contributed by atoms with Crippen LogP contribution in [0.3, 0.4) is 0 Å². The Bertz CT molecular complexity index is 864. The summed E-state index contributed by atoms with van der Waals surface area (Å²) in [6.45, 7) is 0. The van der Waals surface area contributed by atoms with Crippen LogP contribution in [-0.4, -0.2) is 42.8 Å². The number of imidazole rings is 1. The van der Waals surface area contributed by atoms with Gasteiger partial charge in [0.15, 0.2) is 0 Å². The third-order valence-electron chi connectivity index (χ3n) is 3.51. The number of hydrogen-bond donors (Lipinski definition) is 1. The van der Waals surface area contributed by atoms with Gasteiger partial charge >= 0.3 is 0 Å². The summed E-state index contributed by atoms with van der Waals surface area (Å²) >= 11 is 0. The van der Waals surface area contributed by atoms with Crippen molar-refractivity contribution in [3.63, 3.8) is 0 Å². The molecule has 1 unspecified atom stereocenters. The highest BCUT2D eigenvalue weighted by atomic mass is 32.2. The molecule has 7 nitrogen and oxygen atoms in total. The van der Waals surface area contributed by atoms with Crippen LogP contribution in [0, 0.1) is 0 Å². The fourth-order valence-corrected chi connectivity index (χ4v) is 2.87. The Hall–Kier alpha value is -2.48. The van der Waals surface area contributed by atoms with Crippen molar-refractivity contribution in [2.45, 2.75) is 6.42 Å². The number of ether oxygens (including phenoxy) is 1. The van der Waals surface area contributed by atoms with Gasteiger partial charge in [-0.2, -0.15) is 0 Å². The average Bonchev–Trinajstić information content (AvgIpc) is 3.07. The van der Waals surface area contributed by atoms with E-state index in [4.69, 9.17) is 10.5 Å². The lowest BCUT2D eigenvalue weighted by molar-refractivity contribution is 0.417. The minimum absolute atomic E-state index is 0.499. The zero-order chi connectivity index (χ0) is 16.4. The maximum absolute atomic E-state index is 11.5. The number of benzene rings is 1. The number of nitrogens with two attached hydrogens (primary N) is 1. The minimum atomic E-state index is -0.918. The fraction of sp³-hybridized carbons (Fsp3) is 0.267. The number of aromatic nitrogens is 4. The molecule has 0 amide bonds. The molecule has 23 heavy (non-hydrogen) atoms. The number of nitrogens with zero attached hydrogens (tertiary/aromatic N) is 4. The first-order valence-corrected chi connectivity index (χ1v) is 8.74. The zero-order valence-corrected chi connectivity index (χ0v) is 13.7. The van der Waals surface area contributed by atoms with Crippen molar-refractivity contribution in [2.24, 2.45) is 0 Å². The van der Waals surface area contributed by atoms with E-state index in [1.54, 1.807) is 42.7 Å². The summed E-state index contributed by atoms with van der Waals surface area (Å²) in [5.74, 6) is 1.60. The lowest BCUT2D eigenvalue weighted by Crippen LogP contribution is -2.08. The van der Waals surface area contributed by atoms with Gasteiger partial charge in [-0.25, -0.2) is 15.0 Å². The molecule has 0 aliphatic carbocycles. The van der Waals surface area contributed by atoms with Crippen LogP contribution in [0.25, 0.3) is 16.9 Å². The lowest BCUT2D eigenvalue weighted by Gasteiger charge is -2.13. The van der Waals surface area contributed by atoms with Crippen LogP contribution < -0.4 is 10.5 Å². The molecule has 0 saturated carbocycles. The minimum Gasteiger partial charge on any atom is -0.495 e. The van der Waals surface area contributed by atoms with E-state index >= 15 is 0 Å². The number of aryl methyl sites for hydroxylation is 1. The summed E-state index contributed by atoms with van der Waals surface area (Å²) < 4.78 is 18.5. The molecular formula is C15H17N5O2S. The lowest BCUT2D eigenvalue weighted by atomic mass is 10.1. The number of fused-ring (bicyclic) bond motifs is 1. The Balaban J connectivity index is 2.22. The largest absolute Gasteiger partial charge is 0.495 e. The Kier molecular flexibility index (Phi) is 4.24. The smallest absolute Gasteiger partial charge is 0.235 e. The molecule has 2 N–H and O–H groups in total. The average molecular weight is 331 g/mol. The quantitative estimate of drug-likeness (QED) is 0.709. The highest BCUT2D eigenvalue weighted by Crippen LogP contribution is 2.32. The normalized spacial score (nSPS) is 12.4. The van der Waals surface area contributed by atoms with Crippen LogP contribution in [0.4, 0.5) is 5.69 Å². The third-order valence-corrected chi connectivity index (χ3v) is 4.29. The van der Waals surface area contributed by atoms with Crippen molar-refractivity contribution in [3.05, 3.63) is 36.5 Å². The number of hydrogen-bond acceptors (Lipinski definition) is 6. The molecule has 8 heteroatoms. The standard InChI is InChI=1S/C15H17N5O2S/c1-22-12-4-3-10-13(14(12)16)11(5-8-23(2)21)19-15(18-10)20-7-6-17-9-20/h3-4,6-7,9H,5,8,16H2,1-2H3. The molecule has 1 atom stereocenters. The molecule has 1 aromatic carbocycles. The summed E-state index contributed by atoms with van der Waals surface area (Å²) in [4.78, 5) is 13.2. The molecule has 0 spiro atoms. The molecule has 0 saturated heterocycles. The second kappa shape index (κ2) is 6.33. The van der Waals surface area contributed by atoms with Crippen LogP contribution in [0.5, 0.6) is 5.75 Å². The van der Waals surface area contributed by atoms with Crippen LogP contribution in [0.15, 0.2) is 30.9 Å². The third kappa shape index (κ3) is 3.02. The Morgan fingerprint density at radius 2 is 2.17 bits per heavy atom. The number of methoxy groups -OCH3 is 1. The summed E-state index contributed by atoms with van der Waals surface area (Å²) in [5, 5.41) is 0.749. The van der Waals surface area contributed by atoms with Gasteiger partial charge in [-0.05, 0) is 12.1 Å². The second-order valence-corrected chi connectivity index (χ2v) is 6.60. The SMILES string of the molecule is COc1ccc2nc(-n3ccnc3)nc(CCS(C)=O)c2c1N. The first kappa shape index (κ1) is 15.4. The molecule has 0 aliphatic rings. The van der Waals surface area contributed by atoms with Crippen LogP contribution in [0.2, 0.25) is 0 Å². The summed E-state index contributed by atoms with van der Waals surface area (Å²) in [6.07, 6.45) is 7.29. The first-order chi connectivity index (χ1) is 11.1. The van der Waals surface area contributed by atoms with Gasteiger partial charge in [0.25, 0.3) is 0 Å². The molecule has 3 rings (SSSR count). The van der Waals surface area contributed by atoms with Crippen LogP contribution in [-0.2, 0) is 17.2 Å². The van der Waals surface area contributed by atoms with Crippen molar-refractivity contribution in [2.75, 3.05) is 24.9 Å². The monoisotopic (exact) mass is 331 g/mol. The van der Waals surface area contributed by atoms with E-state index in [-0.39, 0.29) is 0 Å². The molecule has 0 fully saturated rings. The molecule has 2 aromatic heterocycles. The van der Waals surface area contributed by atoms with Crippen molar-refractivity contribution in [3.8, 4) is 11.7 Å². The number of anilines is 1. The highest BCUT2D eigenvalue weighted by Gasteiger charge is 2.15. The fourth-order valence-electron chi connectivity index (χ4n) is 2.39. The molecular weight excluding hydrogens is 314 g/mol. The Morgan fingerprint density at radius 1 is 1.35 bits per heavy atom. The summed E-state index contributed by atoms with van der Waals surface area (Å²) in [7, 11) is 0.651. The van der Waals surface area contributed by atoms with Crippen molar-refractivity contribution in [1.82, 2.24) is 19.5 Å². The van der Waals surface area contributed by atoms with E-state index in [2.05, 4.69) is 15.0 Å².